The van der Waals surface area contributed by atoms with Gasteiger partial charge in [0.1, 0.15) is 17.5 Å². The second-order valence-electron chi connectivity index (χ2n) is 6.32. The Kier molecular flexibility index (Phi) is 6.02. The molecule has 1 N–H and O–H groups in total. The number of hydrogen-bond donors (Lipinski definition) is 1. The number of carbonyl (C=O) groups excluding carboxylic acids is 2. The number of carbonyl (C=O) groups is 2. The van der Waals surface area contributed by atoms with Crippen molar-refractivity contribution in [1.82, 2.24) is 5.32 Å². The molecule has 3 rings (SSSR count). The van der Waals surface area contributed by atoms with Crippen LogP contribution in [0, 0.1) is 11.3 Å². The number of thiophene rings is 1. The number of hydrogen-bond acceptors (Lipinski definition) is 6. The molecule has 8 heteroatoms. The van der Waals surface area contributed by atoms with Gasteiger partial charge in [-0.15, -0.1) is 11.3 Å². The zero-order chi connectivity index (χ0) is 20.3. The van der Waals surface area contributed by atoms with Crippen LogP contribution in [0.25, 0.3) is 0 Å². The fourth-order valence-electron chi connectivity index (χ4n) is 3.13. The number of nitriles is 1. The van der Waals surface area contributed by atoms with Gasteiger partial charge >= 0.3 is 0 Å². The number of nitrogens with zero attached hydrogens (tertiary/aromatic N) is 3. The monoisotopic (exact) mass is 414 g/mol. The molecule has 0 atom stereocenters. The lowest BCUT2D eigenvalue weighted by molar-refractivity contribution is -0.124. The van der Waals surface area contributed by atoms with Crippen LogP contribution in [0.1, 0.15) is 17.7 Å². The molecule has 6 nitrogen and oxygen atoms in total. The second-order valence-corrected chi connectivity index (χ2v) is 8.12. The van der Waals surface area contributed by atoms with E-state index in [1.54, 1.807) is 6.07 Å². The third-order valence-electron chi connectivity index (χ3n) is 4.52. The summed E-state index contributed by atoms with van der Waals surface area (Å²) < 4.78 is 0.663. The largest absolute Gasteiger partial charge is 0.351 e. The van der Waals surface area contributed by atoms with Crippen LogP contribution in [0.2, 0.25) is 4.34 Å². The number of ketones is 1. The predicted molar refractivity (Wildman–Crippen MR) is 111 cm³/mol. The smallest absolute Gasteiger partial charge is 0.220 e. The summed E-state index contributed by atoms with van der Waals surface area (Å²) >= 11 is 7.26. The van der Waals surface area contributed by atoms with Crippen LogP contribution >= 0.6 is 22.9 Å². The first-order chi connectivity index (χ1) is 13.4. The van der Waals surface area contributed by atoms with Gasteiger partial charge in [0, 0.05) is 31.8 Å². The van der Waals surface area contributed by atoms with Gasteiger partial charge in [-0.25, -0.2) is 0 Å². The van der Waals surface area contributed by atoms with E-state index in [-0.39, 0.29) is 30.1 Å². The third-order valence-corrected chi connectivity index (χ3v) is 5.75. The molecule has 0 spiro atoms. The van der Waals surface area contributed by atoms with Crippen molar-refractivity contribution in [3.05, 3.63) is 57.0 Å². The molecule has 1 aliphatic rings. The average Bonchev–Trinajstić information content (AvgIpc) is 3.22. The number of halogens is 1. The fourth-order valence-corrected chi connectivity index (χ4v) is 4.16. The minimum atomic E-state index is -0.349. The van der Waals surface area contributed by atoms with Crippen LogP contribution in [-0.2, 0) is 16.1 Å². The zero-order valence-corrected chi connectivity index (χ0v) is 17.1. The van der Waals surface area contributed by atoms with Crippen molar-refractivity contribution in [2.45, 2.75) is 19.4 Å². The van der Waals surface area contributed by atoms with Crippen molar-refractivity contribution in [2.75, 3.05) is 23.9 Å². The molecule has 1 amide bonds. The maximum Gasteiger partial charge on any atom is 0.220 e. The molecule has 0 aliphatic carbocycles. The SMILES string of the molecule is CN1C(=C(C#N)C(=O)CCC(=O)NCc2ccc(Cl)s2)N(C)c2ccccc21. The summed E-state index contributed by atoms with van der Waals surface area (Å²) in [5, 5.41) is 12.4. The van der Waals surface area contributed by atoms with E-state index in [4.69, 9.17) is 11.6 Å². The molecule has 1 aromatic heterocycles. The van der Waals surface area contributed by atoms with E-state index in [1.165, 1.54) is 11.3 Å². The minimum absolute atomic E-state index is 0.0246. The van der Waals surface area contributed by atoms with E-state index in [9.17, 15) is 14.9 Å². The highest BCUT2D eigenvalue weighted by Gasteiger charge is 2.31. The number of fused-ring (bicyclic) bond motifs is 1. The van der Waals surface area contributed by atoms with E-state index in [0.717, 1.165) is 16.3 Å². The Morgan fingerprint density at radius 2 is 1.75 bits per heavy atom. The number of amides is 1. The Labute approximate surface area is 172 Å². The van der Waals surface area contributed by atoms with Crippen LogP contribution in [0.15, 0.2) is 47.8 Å². The first-order valence-corrected chi connectivity index (χ1v) is 9.86. The highest BCUT2D eigenvalue weighted by atomic mass is 35.5. The van der Waals surface area contributed by atoms with Gasteiger partial charge in [0.15, 0.2) is 5.78 Å². The van der Waals surface area contributed by atoms with Crippen LogP contribution in [0.5, 0.6) is 0 Å². The Hall–Kier alpha value is -2.82. The minimum Gasteiger partial charge on any atom is -0.351 e. The van der Waals surface area contributed by atoms with Crippen LogP contribution in [0.4, 0.5) is 11.4 Å². The summed E-state index contributed by atoms with van der Waals surface area (Å²) in [5.41, 5.74) is 1.90. The highest BCUT2D eigenvalue weighted by Crippen LogP contribution is 2.40. The molecule has 0 bridgehead atoms. The highest BCUT2D eigenvalue weighted by molar-refractivity contribution is 7.16. The number of benzene rings is 1. The number of anilines is 2. The molecule has 2 aromatic rings. The van der Waals surface area contributed by atoms with E-state index < -0.39 is 0 Å². The van der Waals surface area contributed by atoms with E-state index in [0.29, 0.717) is 16.7 Å². The summed E-state index contributed by atoms with van der Waals surface area (Å²) in [4.78, 5) is 29.3. The molecule has 0 radical (unpaired) electrons. The lowest BCUT2D eigenvalue weighted by atomic mass is 10.1. The summed E-state index contributed by atoms with van der Waals surface area (Å²) in [5.74, 6) is -0.0581. The maximum absolute atomic E-state index is 12.7. The molecular formula is C20H19ClN4O2S. The number of nitrogens with one attached hydrogen (secondary N) is 1. The van der Waals surface area contributed by atoms with Crippen LogP contribution < -0.4 is 15.1 Å². The standard InChI is InChI=1S/C20H19ClN4O2S/c1-24-15-5-3-4-6-16(15)25(2)20(24)14(11-22)17(26)8-10-19(27)23-12-13-7-9-18(21)28-13/h3-7,9H,8,10,12H2,1-2H3,(H,23,27). The van der Waals surface area contributed by atoms with E-state index in [1.807, 2.05) is 60.3 Å². The van der Waals surface area contributed by atoms with Crippen molar-refractivity contribution in [3.8, 4) is 6.07 Å². The first kappa shape index (κ1) is 19.9. The maximum atomic E-state index is 12.7. The molecule has 0 fully saturated rings. The van der Waals surface area contributed by atoms with Gasteiger partial charge in [0.2, 0.25) is 5.91 Å². The average molecular weight is 415 g/mol. The third kappa shape index (κ3) is 4.03. The lowest BCUT2D eigenvalue weighted by Gasteiger charge is -2.19. The summed E-state index contributed by atoms with van der Waals surface area (Å²) in [7, 11) is 3.64. The Bertz CT molecular complexity index is 961. The topological polar surface area (TPSA) is 76.4 Å². The Morgan fingerprint density at radius 3 is 2.29 bits per heavy atom. The molecule has 144 valence electrons. The van der Waals surface area contributed by atoms with E-state index >= 15 is 0 Å². The fraction of sp³-hybridized carbons (Fsp3) is 0.250. The van der Waals surface area contributed by atoms with Gasteiger partial charge < -0.3 is 15.1 Å². The second kappa shape index (κ2) is 8.46. The van der Waals surface area contributed by atoms with Crippen molar-refractivity contribution in [2.24, 2.45) is 0 Å². The molecule has 2 heterocycles. The molecule has 0 unspecified atom stereocenters. The molecule has 28 heavy (non-hydrogen) atoms. The van der Waals surface area contributed by atoms with Gasteiger partial charge in [-0.1, -0.05) is 23.7 Å². The van der Waals surface area contributed by atoms with Crippen molar-refractivity contribution < 1.29 is 9.59 Å². The van der Waals surface area contributed by atoms with Gasteiger partial charge in [-0.3, -0.25) is 9.59 Å². The van der Waals surface area contributed by atoms with Gasteiger partial charge in [-0.2, -0.15) is 5.26 Å². The predicted octanol–water partition coefficient (Wildman–Crippen LogP) is 3.69. The zero-order valence-electron chi connectivity index (χ0n) is 15.5. The Balaban J connectivity index is 1.65. The molecule has 1 aromatic carbocycles. The van der Waals surface area contributed by atoms with Gasteiger partial charge in [-0.05, 0) is 24.3 Å². The lowest BCUT2D eigenvalue weighted by Crippen LogP contribution is -2.27. The number of rotatable bonds is 6. The molecular weight excluding hydrogens is 396 g/mol. The van der Waals surface area contributed by atoms with Crippen LogP contribution in [0.3, 0.4) is 0 Å². The van der Waals surface area contributed by atoms with Crippen molar-refractivity contribution in [1.29, 1.82) is 5.26 Å². The molecule has 1 aliphatic heterocycles. The van der Waals surface area contributed by atoms with Gasteiger partial charge in [0.25, 0.3) is 0 Å². The molecule has 0 saturated heterocycles. The van der Waals surface area contributed by atoms with Crippen molar-refractivity contribution in [3.63, 3.8) is 0 Å². The number of Topliss-reactive ketones (excluding diaryl/α,β-unsaturated/α-hetero) is 1. The van der Waals surface area contributed by atoms with Crippen molar-refractivity contribution >= 4 is 46.0 Å². The van der Waals surface area contributed by atoms with Crippen LogP contribution in [-0.4, -0.2) is 25.8 Å². The quantitative estimate of drug-likeness (QED) is 0.576. The number of para-hydroxylation sites is 2. The molecule has 0 saturated carbocycles. The first-order valence-electron chi connectivity index (χ1n) is 8.67. The van der Waals surface area contributed by atoms with Gasteiger partial charge in [0.05, 0.1) is 22.3 Å². The summed E-state index contributed by atoms with van der Waals surface area (Å²) in [6.07, 6.45) is -0.00176. The summed E-state index contributed by atoms with van der Waals surface area (Å²) in [6.45, 7) is 0.372. The Morgan fingerprint density at radius 1 is 1.11 bits per heavy atom. The number of allylic oxidation sites excluding steroid dienone is 1. The normalized spacial score (nSPS) is 12.6. The summed E-state index contributed by atoms with van der Waals surface area (Å²) in [6, 6.07) is 13.3. The van der Waals surface area contributed by atoms with E-state index in [2.05, 4.69) is 5.32 Å².